The molecule has 3 aromatic heterocycles. The van der Waals surface area contributed by atoms with Crippen LogP contribution >= 0.6 is 11.3 Å². The van der Waals surface area contributed by atoms with Crippen LogP contribution in [0, 0.1) is 35.4 Å². The lowest BCUT2D eigenvalue weighted by atomic mass is 9.72. The van der Waals surface area contributed by atoms with E-state index in [-0.39, 0.29) is 23.1 Å². The number of hydrogen-bond donors (Lipinski definition) is 0. The Morgan fingerprint density at radius 2 is 2.00 bits per heavy atom. The molecule has 3 fully saturated rings. The monoisotopic (exact) mass is 586 g/mol. The van der Waals surface area contributed by atoms with E-state index in [1.165, 1.54) is 23.5 Å². The molecule has 1 spiro atoms. The second-order valence-corrected chi connectivity index (χ2v) is 12.5. The second kappa shape index (κ2) is 10.0. The van der Waals surface area contributed by atoms with Gasteiger partial charge in [-0.05, 0) is 50.6 Å². The number of hydrogen-bond acceptors (Lipinski definition) is 9. The molecule has 3 saturated heterocycles. The van der Waals surface area contributed by atoms with Gasteiger partial charge in [0, 0.05) is 57.4 Å². The third-order valence-corrected chi connectivity index (χ3v) is 9.68. The number of aryl methyl sites for hydroxylation is 2. The largest absolute Gasteiger partial charge is 0.381 e. The highest BCUT2D eigenvalue weighted by atomic mass is 32.1. The van der Waals surface area contributed by atoms with Gasteiger partial charge in [0.2, 0.25) is 5.91 Å². The van der Waals surface area contributed by atoms with Gasteiger partial charge in [-0.1, -0.05) is 11.3 Å². The van der Waals surface area contributed by atoms with Crippen LogP contribution in [0.25, 0.3) is 22.3 Å². The minimum absolute atomic E-state index is 0.0201. The molecule has 10 nitrogen and oxygen atoms in total. The van der Waals surface area contributed by atoms with Gasteiger partial charge in [-0.3, -0.25) is 4.79 Å². The van der Waals surface area contributed by atoms with E-state index in [1.54, 1.807) is 12.1 Å². The van der Waals surface area contributed by atoms with Gasteiger partial charge in [0.1, 0.15) is 28.3 Å². The summed E-state index contributed by atoms with van der Waals surface area (Å²) >= 11 is 1.29. The van der Waals surface area contributed by atoms with Crippen molar-refractivity contribution >= 4 is 44.9 Å². The molecule has 1 amide bonds. The summed E-state index contributed by atoms with van der Waals surface area (Å²) in [6.45, 7) is 9.29. The molecule has 1 unspecified atom stereocenters. The van der Waals surface area contributed by atoms with Gasteiger partial charge in [0.25, 0.3) is 0 Å². The summed E-state index contributed by atoms with van der Waals surface area (Å²) in [6.07, 6.45) is 0.827. The smallest absolute Gasteiger partial charge is 0.228 e. The number of rotatable bonds is 6. The molecule has 6 heterocycles. The minimum Gasteiger partial charge on any atom is -0.381 e. The third-order valence-electron chi connectivity index (χ3n) is 8.64. The van der Waals surface area contributed by atoms with Crippen LogP contribution in [0.2, 0.25) is 0 Å². The quantitative estimate of drug-likeness (QED) is 0.329. The summed E-state index contributed by atoms with van der Waals surface area (Å²) in [5.74, 6) is 0.767. The van der Waals surface area contributed by atoms with Crippen LogP contribution in [-0.2, 0) is 16.1 Å². The fourth-order valence-corrected chi connectivity index (χ4v) is 7.33. The Balaban J connectivity index is 1.15. The number of amides is 1. The Morgan fingerprint density at radius 1 is 1.24 bits per heavy atom. The van der Waals surface area contributed by atoms with Crippen molar-refractivity contribution in [3.63, 3.8) is 0 Å². The number of pyridine rings is 1. The number of anilines is 3. The first kappa shape index (κ1) is 26.8. The molecule has 4 aromatic rings. The van der Waals surface area contributed by atoms with E-state index < -0.39 is 0 Å². The van der Waals surface area contributed by atoms with Crippen molar-refractivity contribution in [1.82, 2.24) is 24.6 Å². The SMILES string of the molecule is CCn1nc2nc(C)c(N3CC4(CN(C(=O)C5CCOC5)C4)C3)cc2c1N(C)c1nc(-c2ccc(F)cc2)c(C#N)s1. The van der Waals surface area contributed by atoms with Crippen LogP contribution < -0.4 is 9.80 Å². The summed E-state index contributed by atoms with van der Waals surface area (Å²) in [5.41, 5.74) is 4.01. The number of benzene rings is 1. The zero-order valence-corrected chi connectivity index (χ0v) is 24.6. The van der Waals surface area contributed by atoms with Gasteiger partial charge in [0.15, 0.2) is 10.8 Å². The number of carbonyl (C=O) groups excluding carboxylic acids is 1. The molecule has 42 heavy (non-hydrogen) atoms. The van der Waals surface area contributed by atoms with Crippen LogP contribution in [0.15, 0.2) is 30.3 Å². The van der Waals surface area contributed by atoms with Crippen molar-refractivity contribution < 1.29 is 13.9 Å². The van der Waals surface area contributed by atoms with E-state index in [1.807, 2.05) is 35.4 Å². The first-order valence-corrected chi connectivity index (χ1v) is 15.0. The van der Waals surface area contributed by atoms with E-state index in [4.69, 9.17) is 19.8 Å². The van der Waals surface area contributed by atoms with E-state index in [9.17, 15) is 14.4 Å². The average Bonchev–Trinajstić information content (AvgIpc) is 3.70. The second-order valence-electron chi connectivity index (χ2n) is 11.6. The van der Waals surface area contributed by atoms with Crippen molar-refractivity contribution in [1.29, 1.82) is 5.26 Å². The normalized spacial score (nSPS) is 19.2. The zero-order chi connectivity index (χ0) is 29.2. The lowest BCUT2D eigenvalue weighted by Gasteiger charge is -2.61. The summed E-state index contributed by atoms with van der Waals surface area (Å²) in [7, 11) is 1.92. The van der Waals surface area contributed by atoms with E-state index in [2.05, 4.69) is 17.0 Å². The molecule has 12 heteroatoms. The van der Waals surface area contributed by atoms with Gasteiger partial charge < -0.3 is 19.4 Å². The molecule has 1 atom stereocenters. The van der Waals surface area contributed by atoms with Crippen LogP contribution in [0.5, 0.6) is 0 Å². The molecular formula is C30H31FN8O2S. The van der Waals surface area contributed by atoms with Crippen molar-refractivity contribution in [2.24, 2.45) is 11.3 Å². The zero-order valence-electron chi connectivity index (χ0n) is 23.8. The minimum atomic E-state index is -0.336. The Bertz CT molecular complexity index is 1720. The molecule has 0 N–H and O–H groups in total. The number of thiazole rings is 1. The summed E-state index contributed by atoms with van der Waals surface area (Å²) in [6, 6.07) is 10.4. The number of halogens is 1. The predicted molar refractivity (Wildman–Crippen MR) is 158 cm³/mol. The Labute approximate surface area is 246 Å². The maximum atomic E-state index is 13.5. The number of nitrogens with zero attached hydrogens (tertiary/aromatic N) is 8. The molecular weight excluding hydrogens is 555 g/mol. The number of aromatic nitrogens is 4. The molecule has 216 valence electrons. The maximum absolute atomic E-state index is 13.5. The van der Waals surface area contributed by atoms with Crippen LogP contribution in [0.3, 0.4) is 0 Å². The van der Waals surface area contributed by atoms with Crippen molar-refractivity contribution in [3.05, 3.63) is 46.7 Å². The summed E-state index contributed by atoms with van der Waals surface area (Å²) in [4.78, 5) is 29.2. The first-order valence-electron chi connectivity index (χ1n) is 14.2. The number of carbonyl (C=O) groups is 1. The van der Waals surface area contributed by atoms with Crippen LogP contribution in [0.4, 0.5) is 21.0 Å². The Morgan fingerprint density at radius 3 is 2.67 bits per heavy atom. The van der Waals surface area contributed by atoms with Gasteiger partial charge in [-0.25, -0.2) is 19.0 Å². The molecule has 3 aliphatic rings. The topological polar surface area (TPSA) is 103 Å². The number of ether oxygens (including phenoxy) is 1. The van der Waals surface area contributed by atoms with Crippen molar-refractivity contribution in [2.45, 2.75) is 26.8 Å². The molecule has 0 bridgehead atoms. The number of likely N-dealkylation sites (tertiary alicyclic amines) is 1. The number of nitriles is 1. The van der Waals surface area contributed by atoms with E-state index in [0.29, 0.717) is 46.7 Å². The molecule has 0 radical (unpaired) electrons. The molecule has 0 aliphatic carbocycles. The van der Waals surface area contributed by atoms with Crippen molar-refractivity contribution in [2.75, 3.05) is 56.2 Å². The molecule has 1 aromatic carbocycles. The molecule has 7 rings (SSSR count). The predicted octanol–water partition coefficient (Wildman–Crippen LogP) is 4.35. The average molecular weight is 587 g/mol. The van der Waals surface area contributed by atoms with E-state index in [0.717, 1.165) is 55.2 Å². The Hall–Kier alpha value is -4.08. The third kappa shape index (κ3) is 4.30. The van der Waals surface area contributed by atoms with Gasteiger partial charge in [-0.2, -0.15) is 10.4 Å². The standard InChI is InChI=1S/C30H31FN8O2S/c1-4-39-27(36(3)29-34-25(24(12-32)42-29)19-5-7-21(31)8-6-19)22-11-23(18(2)33-26(22)35-39)37-14-30(15-37)16-38(17-30)28(40)20-9-10-41-13-20/h5-8,11,20H,4,9-10,13-17H2,1-3H3. The summed E-state index contributed by atoms with van der Waals surface area (Å²) < 4.78 is 20.8. The lowest BCUT2D eigenvalue weighted by Crippen LogP contribution is -2.73. The fourth-order valence-electron chi connectivity index (χ4n) is 6.48. The maximum Gasteiger partial charge on any atom is 0.228 e. The molecule has 0 saturated carbocycles. The number of fused-ring (bicyclic) bond motifs is 1. The van der Waals surface area contributed by atoms with Gasteiger partial charge >= 0.3 is 0 Å². The van der Waals surface area contributed by atoms with Crippen LogP contribution in [-0.4, -0.2) is 77.0 Å². The highest BCUT2D eigenvalue weighted by Gasteiger charge is 2.54. The van der Waals surface area contributed by atoms with Gasteiger partial charge in [-0.15, -0.1) is 0 Å². The fraction of sp³-hybridized carbons (Fsp3) is 0.433. The highest BCUT2D eigenvalue weighted by Crippen LogP contribution is 2.45. The summed E-state index contributed by atoms with van der Waals surface area (Å²) in [5, 5.41) is 16.2. The van der Waals surface area contributed by atoms with E-state index >= 15 is 0 Å². The van der Waals surface area contributed by atoms with Crippen molar-refractivity contribution in [3.8, 4) is 17.3 Å². The Kier molecular flexibility index (Phi) is 6.40. The van der Waals surface area contributed by atoms with Gasteiger partial charge in [0.05, 0.1) is 29.3 Å². The lowest BCUT2D eigenvalue weighted by molar-refractivity contribution is -0.149. The highest BCUT2D eigenvalue weighted by molar-refractivity contribution is 7.16. The van der Waals surface area contributed by atoms with Crippen LogP contribution in [0.1, 0.15) is 23.9 Å². The molecule has 3 aliphatic heterocycles. The first-order chi connectivity index (χ1) is 20.3.